The van der Waals surface area contributed by atoms with Crippen LogP contribution in [0.1, 0.15) is 37.9 Å². The van der Waals surface area contributed by atoms with Crippen LogP contribution in [0.15, 0.2) is 71.3 Å². The van der Waals surface area contributed by atoms with Crippen molar-refractivity contribution in [2.75, 3.05) is 0 Å². The smallest absolute Gasteiger partial charge is 0.172 e. The third-order valence-electron chi connectivity index (χ3n) is 6.93. The molecule has 3 aromatic heterocycles. The van der Waals surface area contributed by atoms with Gasteiger partial charge in [0.1, 0.15) is 0 Å². The highest BCUT2D eigenvalue weighted by atomic mass is 79.9. The van der Waals surface area contributed by atoms with Crippen molar-refractivity contribution in [2.45, 2.75) is 39.2 Å². The summed E-state index contributed by atoms with van der Waals surface area (Å²) in [6.07, 6.45) is 3.88. The highest BCUT2D eigenvalue weighted by molar-refractivity contribution is 9.10. The standard InChI is InChI=1S/C28H26BrN5/c1-17-23(29)26-31-14-20-13-22(18-7-5-4-6-8-18)24(32-25(20)34(26)33-17)19-9-11-21(12-10-19)28(30)15-27(2,3)16-28/h4-14H,15-16,30H2,1-3H3. The van der Waals surface area contributed by atoms with Crippen LogP contribution in [0, 0.1) is 12.3 Å². The van der Waals surface area contributed by atoms with E-state index in [4.69, 9.17) is 10.7 Å². The lowest BCUT2D eigenvalue weighted by molar-refractivity contribution is 0.0618. The average Bonchev–Trinajstić information content (AvgIpc) is 3.11. The van der Waals surface area contributed by atoms with E-state index in [1.165, 1.54) is 5.56 Å². The first-order chi connectivity index (χ1) is 16.2. The molecule has 0 radical (unpaired) electrons. The van der Waals surface area contributed by atoms with Gasteiger partial charge in [0.2, 0.25) is 0 Å². The molecular weight excluding hydrogens is 486 g/mol. The molecule has 0 unspecified atom stereocenters. The Labute approximate surface area is 207 Å². The number of pyridine rings is 1. The Kier molecular flexibility index (Phi) is 4.70. The van der Waals surface area contributed by atoms with E-state index in [0.717, 1.165) is 62.1 Å². The van der Waals surface area contributed by atoms with E-state index in [2.05, 4.69) is 94.5 Å². The van der Waals surface area contributed by atoms with Crippen molar-refractivity contribution in [3.05, 3.63) is 82.6 Å². The maximum Gasteiger partial charge on any atom is 0.172 e. The molecule has 1 fully saturated rings. The number of aromatic nitrogens is 4. The van der Waals surface area contributed by atoms with Crippen molar-refractivity contribution < 1.29 is 0 Å². The van der Waals surface area contributed by atoms with Crippen LogP contribution in [-0.2, 0) is 5.54 Å². The minimum absolute atomic E-state index is 0.238. The van der Waals surface area contributed by atoms with Gasteiger partial charge >= 0.3 is 0 Å². The molecule has 2 aromatic carbocycles. The molecule has 34 heavy (non-hydrogen) atoms. The molecule has 1 aliphatic rings. The minimum atomic E-state index is -0.238. The van der Waals surface area contributed by atoms with E-state index >= 15 is 0 Å². The molecule has 2 N–H and O–H groups in total. The van der Waals surface area contributed by atoms with Gasteiger partial charge < -0.3 is 5.73 Å². The number of fused-ring (bicyclic) bond motifs is 3. The highest BCUT2D eigenvalue weighted by Crippen LogP contribution is 2.52. The Balaban J connectivity index is 1.54. The van der Waals surface area contributed by atoms with Gasteiger partial charge in [-0.1, -0.05) is 68.4 Å². The van der Waals surface area contributed by atoms with E-state index < -0.39 is 0 Å². The van der Waals surface area contributed by atoms with Crippen LogP contribution in [0.5, 0.6) is 0 Å². The van der Waals surface area contributed by atoms with Gasteiger partial charge in [-0.05, 0) is 58.3 Å². The van der Waals surface area contributed by atoms with Crippen LogP contribution in [0.25, 0.3) is 39.1 Å². The molecule has 5 nitrogen and oxygen atoms in total. The first kappa shape index (κ1) is 21.4. The molecule has 1 aliphatic carbocycles. The third kappa shape index (κ3) is 3.36. The Morgan fingerprint density at radius 3 is 2.32 bits per heavy atom. The van der Waals surface area contributed by atoms with Crippen LogP contribution in [0.3, 0.4) is 0 Å². The second-order valence-electron chi connectivity index (χ2n) is 10.3. The van der Waals surface area contributed by atoms with Crippen molar-refractivity contribution in [2.24, 2.45) is 11.1 Å². The summed E-state index contributed by atoms with van der Waals surface area (Å²) >= 11 is 3.61. The van der Waals surface area contributed by atoms with Gasteiger partial charge in [-0.2, -0.15) is 9.61 Å². The molecular formula is C28H26BrN5. The largest absolute Gasteiger partial charge is 0.321 e. The lowest BCUT2D eigenvalue weighted by atomic mass is 9.57. The number of nitrogens with two attached hydrogens (primary N) is 1. The number of hydrogen-bond acceptors (Lipinski definition) is 4. The second kappa shape index (κ2) is 7.45. The number of rotatable bonds is 3. The van der Waals surface area contributed by atoms with Gasteiger partial charge in [0.05, 0.1) is 15.9 Å². The summed E-state index contributed by atoms with van der Waals surface area (Å²) in [5, 5.41) is 5.63. The van der Waals surface area contributed by atoms with E-state index in [-0.39, 0.29) is 5.54 Å². The molecule has 0 spiro atoms. The zero-order chi connectivity index (χ0) is 23.7. The number of benzene rings is 2. The summed E-state index contributed by atoms with van der Waals surface area (Å²) in [6.45, 7) is 6.53. The summed E-state index contributed by atoms with van der Waals surface area (Å²) in [4.78, 5) is 9.79. The first-order valence-electron chi connectivity index (χ1n) is 11.5. The van der Waals surface area contributed by atoms with Crippen LogP contribution >= 0.6 is 15.9 Å². The van der Waals surface area contributed by atoms with Crippen molar-refractivity contribution in [1.29, 1.82) is 0 Å². The third-order valence-corrected chi connectivity index (χ3v) is 7.86. The summed E-state index contributed by atoms with van der Waals surface area (Å²) in [7, 11) is 0. The molecule has 0 aliphatic heterocycles. The monoisotopic (exact) mass is 511 g/mol. The van der Waals surface area contributed by atoms with Crippen molar-refractivity contribution in [3.8, 4) is 22.4 Å². The van der Waals surface area contributed by atoms with Crippen LogP contribution in [-0.4, -0.2) is 19.6 Å². The first-order valence-corrected chi connectivity index (χ1v) is 12.3. The highest BCUT2D eigenvalue weighted by Gasteiger charge is 2.47. The van der Waals surface area contributed by atoms with Gasteiger partial charge in [0.25, 0.3) is 0 Å². The van der Waals surface area contributed by atoms with Crippen molar-refractivity contribution in [1.82, 2.24) is 19.6 Å². The molecule has 5 aromatic rings. The van der Waals surface area contributed by atoms with Gasteiger partial charge in [-0.15, -0.1) is 0 Å². The van der Waals surface area contributed by atoms with Crippen molar-refractivity contribution >= 4 is 32.6 Å². The van der Waals surface area contributed by atoms with E-state index in [9.17, 15) is 0 Å². The predicted octanol–water partition coefficient (Wildman–Crippen LogP) is 6.66. The maximum absolute atomic E-state index is 6.72. The number of aryl methyl sites for hydroxylation is 1. The molecule has 0 amide bonds. The van der Waals surface area contributed by atoms with Gasteiger partial charge in [-0.3, -0.25) is 0 Å². The van der Waals surface area contributed by atoms with E-state index in [1.54, 1.807) is 0 Å². The lowest BCUT2D eigenvalue weighted by Crippen LogP contribution is -2.53. The maximum atomic E-state index is 6.72. The van der Waals surface area contributed by atoms with Crippen LogP contribution in [0.2, 0.25) is 0 Å². The van der Waals surface area contributed by atoms with E-state index in [0.29, 0.717) is 5.41 Å². The SMILES string of the molecule is Cc1nn2c(ncc3cc(-c4ccccc4)c(-c4ccc(C5(N)CC(C)(C)C5)cc4)nc32)c1Br. The molecule has 0 atom stereocenters. The van der Waals surface area contributed by atoms with Crippen molar-refractivity contribution in [3.63, 3.8) is 0 Å². The van der Waals surface area contributed by atoms with Gasteiger partial charge in [0.15, 0.2) is 11.3 Å². The number of hydrogen-bond donors (Lipinski definition) is 1. The summed E-state index contributed by atoms with van der Waals surface area (Å²) in [5.41, 5.74) is 14.6. The fourth-order valence-electron chi connectivity index (χ4n) is 5.55. The van der Waals surface area contributed by atoms with E-state index in [1.807, 2.05) is 23.7 Å². The lowest BCUT2D eigenvalue weighted by Gasteiger charge is -2.51. The zero-order valence-corrected chi connectivity index (χ0v) is 21.1. The average molecular weight is 512 g/mol. The van der Waals surface area contributed by atoms with Gasteiger partial charge in [-0.25, -0.2) is 9.97 Å². The Morgan fingerprint density at radius 1 is 0.941 bits per heavy atom. The Hall–Kier alpha value is -3.09. The Bertz CT molecular complexity index is 1540. The fourth-order valence-corrected chi connectivity index (χ4v) is 5.90. The normalized spacial score (nSPS) is 16.6. The number of nitrogens with zero attached hydrogens (tertiary/aromatic N) is 4. The van der Waals surface area contributed by atoms with Crippen LogP contribution in [0.4, 0.5) is 0 Å². The zero-order valence-electron chi connectivity index (χ0n) is 19.5. The summed E-state index contributed by atoms with van der Waals surface area (Å²) in [6, 6.07) is 21.2. The van der Waals surface area contributed by atoms with Gasteiger partial charge in [0, 0.05) is 28.2 Å². The summed E-state index contributed by atoms with van der Waals surface area (Å²) < 4.78 is 2.72. The Morgan fingerprint density at radius 2 is 1.65 bits per heavy atom. The summed E-state index contributed by atoms with van der Waals surface area (Å²) in [5.74, 6) is 0. The fraction of sp³-hybridized carbons (Fsp3) is 0.250. The molecule has 3 heterocycles. The van der Waals surface area contributed by atoms with Crippen LogP contribution < -0.4 is 5.73 Å². The quantitative estimate of drug-likeness (QED) is 0.294. The number of halogens is 1. The molecule has 6 rings (SSSR count). The molecule has 1 saturated carbocycles. The molecule has 0 bridgehead atoms. The molecule has 0 saturated heterocycles. The molecule has 6 heteroatoms. The second-order valence-corrected chi connectivity index (χ2v) is 11.1. The molecule has 170 valence electrons. The predicted molar refractivity (Wildman–Crippen MR) is 140 cm³/mol. The topological polar surface area (TPSA) is 69.1 Å². The minimum Gasteiger partial charge on any atom is -0.321 e.